The third-order valence-electron chi connectivity index (χ3n) is 2.34. The second-order valence-electron chi connectivity index (χ2n) is 3.43. The lowest BCUT2D eigenvalue weighted by molar-refractivity contribution is -0.133. The van der Waals surface area contributed by atoms with Crippen LogP contribution in [0.2, 0.25) is 0 Å². The Morgan fingerprint density at radius 1 is 1.25 bits per heavy atom. The van der Waals surface area contributed by atoms with Crippen LogP contribution >= 0.6 is 15.9 Å². The molecule has 2 nitrogen and oxygen atoms in total. The molecule has 0 heterocycles. The van der Waals surface area contributed by atoms with Gasteiger partial charge in [0.05, 0.1) is 4.47 Å². The highest BCUT2D eigenvalue weighted by Gasteiger charge is 2.10. The Hall–Kier alpha value is -1.35. The Bertz CT molecular complexity index is 534. The van der Waals surface area contributed by atoms with Crippen LogP contribution in [0.1, 0.15) is 13.3 Å². The van der Waals surface area contributed by atoms with Crippen LogP contribution < -0.4 is 4.74 Å². The molecule has 0 fully saturated rings. The SMILES string of the molecule is CCC(=O)Oc1c(Br)ccc2ccccc12. The molecule has 2 rings (SSSR count). The summed E-state index contributed by atoms with van der Waals surface area (Å²) in [7, 11) is 0. The second kappa shape index (κ2) is 4.66. The van der Waals surface area contributed by atoms with Crippen LogP contribution in [-0.2, 0) is 4.79 Å². The summed E-state index contributed by atoms with van der Waals surface area (Å²) in [5.74, 6) is 0.377. The number of esters is 1. The van der Waals surface area contributed by atoms with E-state index in [2.05, 4.69) is 15.9 Å². The molecule has 0 atom stereocenters. The molecule has 0 radical (unpaired) electrons. The molecule has 3 heteroatoms. The Labute approximate surface area is 102 Å². The third-order valence-corrected chi connectivity index (χ3v) is 2.96. The molecule has 0 spiro atoms. The molecule has 0 aliphatic rings. The number of halogens is 1. The standard InChI is InChI=1S/C13H11BrO2/c1-2-12(15)16-13-10-6-4-3-5-9(10)7-8-11(13)14/h3-8H,2H2,1H3. The molecule has 2 aromatic carbocycles. The maximum Gasteiger partial charge on any atom is 0.310 e. The number of carbonyl (C=O) groups is 1. The molecule has 0 saturated carbocycles. The lowest BCUT2D eigenvalue weighted by Gasteiger charge is -2.08. The fourth-order valence-corrected chi connectivity index (χ4v) is 1.93. The summed E-state index contributed by atoms with van der Waals surface area (Å²) in [4.78, 5) is 11.3. The van der Waals surface area contributed by atoms with E-state index in [-0.39, 0.29) is 5.97 Å². The van der Waals surface area contributed by atoms with Crippen molar-refractivity contribution in [3.8, 4) is 5.75 Å². The first-order valence-corrected chi connectivity index (χ1v) is 5.89. The van der Waals surface area contributed by atoms with Gasteiger partial charge in [0.1, 0.15) is 0 Å². The van der Waals surface area contributed by atoms with Gasteiger partial charge in [-0.25, -0.2) is 0 Å². The lowest BCUT2D eigenvalue weighted by atomic mass is 10.1. The van der Waals surface area contributed by atoms with E-state index >= 15 is 0 Å². The number of benzene rings is 2. The number of hydrogen-bond acceptors (Lipinski definition) is 2. The van der Waals surface area contributed by atoms with E-state index in [0.29, 0.717) is 12.2 Å². The van der Waals surface area contributed by atoms with Gasteiger partial charge < -0.3 is 4.74 Å². The molecule has 0 aliphatic carbocycles. The molecule has 82 valence electrons. The third kappa shape index (κ3) is 2.09. The van der Waals surface area contributed by atoms with Crippen molar-refractivity contribution in [1.29, 1.82) is 0 Å². The summed E-state index contributed by atoms with van der Waals surface area (Å²) < 4.78 is 6.12. The van der Waals surface area contributed by atoms with Crippen molar-refractivity contribution in [2.75, 3.05) is 0 Å². The van der Waals surface area contributed by atoms with Crippen molar-refractivity contribution < 1.29 is 9.53 Å². The Morgan fingerprint density at radius 3 is 2.75 bits per heavy atom. The number of carbonyl (C=O) groups excluding carboxylic acids is 1. The monoisotopic (exact) mass is 278 g/mol. The quantitative estimate of drug-likeness (QED) is 0.615. The fourth-order valence-electron chi connectivity index (χ4n) is 1.51. The zero-order chi connectivity index (χ0) is 11.5. The summed E-state index contributed by atoms with van der Waals surface area (Å²) in [6.07, 6.45) is 0.371. The Morgan fingerprint density at radius 2 is 2.00 bits per heavy atom. The second-order valence-corrected chi connectivity index (χ2v) is 4.28. The summed E-state index contributed by atoms with van der Waals surface area (Å²) in [5.41, 5.74) is 0. The number of ether oxygens (including phenoxy) is 1. The fraction of sp³-hybridized carbons (Fsp3) is 0.154. The number of hydrogen-bond donors (Lipinski definition) is 0. The molecule has 0 N–H and O–H groups in total. The molecule has 0 unspecified atom stereocenters. The predicted molar refractivity (Wildman–Crippen MR) is 67.6 cm³/mol. The normalized spacial score (nSPS) is 10.4. The smallest absolute Gasteiger partial charge is 0.310 e. The minimum Gasteiger partial charge on any atom is -0.425 e. The lowest BCUT2D eigenvalue weighted by Crippen LogP contribution is -2.06. The summed E-state index contributed by atoms with van der Waals surface area (Å²) in [6, 6.07) is 11.7. The summed E-state index contributed by atoms with van der Waals surface area (Å²) in [6.45, 7) is 1.78. The van der Waals surface area contributed by atoms with Crippen LogP contribution in [0, 0.1) is 0 Å². The van der Waals surface area contributed by atoms with E-state index < -0.39 is 0 Å². The molecule has 16 heavy (non-hydrogen) atoms. The van der Waals surface area contributed by atoms with Gasteiger partial charge in [0.25, 0.3) is 0 Å². The topological polar surface area (TPSA) is 26.3 Å². The van der Waals surface area contributed by atoms with E-state index in [4.69, 9.17) is 4.74 Å². The zero-order valence-corrected chi connectivity index (χ0v) is 10.5. The van der Waals surface area contributed by atoms with Gasteiger partial charge in [-0.2, -0.15) is 0 Å². The summed E-state index contributed by atoms with van der Waals surface area (Å²) >= 11 is 3.40. The molecule has 0 aliphatic heterocycles. The summed E-state index contributed by atoms with van der Waals surface area (Å²) in [5, 5.41) is 2.00. The van der Waals surface area contributed by atoms with Crippen LogP contribution in [0.5, 0.6) is 5.75 Å². The van der Waals surface area contributed by atoms with Crippen LogP contribution in [0.15, 0.2) is 40.9 Å². The average Bonchev–Trinajstić information content (AvgIpc) is 2.32. The van der Waals surface area contributed by atoms with Gasteiger partial charge in [-0.1, -0.05) is 37.3 Å². The van der Waals surface area contributed by atoms with Gasteiger partial charge in [0.15, 0.2) is 5.75 Å². The van der Waals surface area contributed by atoms with Crippen molar-refractivity contribution in [3.63, 3.8) is 0 Å². The molecule has 0 aromatic heterocycles. The van der Waals surface area contributed by atoms with E-state index in [1.54, 1.807) is 6.92 Å². The molecular formula is C13H11BrO2. The number of rotatable bonds is 2. The van der Waals surface area contributed by atoms with E-state index in [0.717, 1.165) is 15.2 Å². The highest BCUT2D eigenvalue weighted by molar-refractivity contribution is 9.10. The van der Waals surface area contributed by atoms with Crippen LogP contribution in [0.4, 0.5) is 0 Å². The van der Waals surface area contributed by atoms with Gasteiger partial charge in [0.2, 0.25) is 0 Å². The maximum atomic E-state index is 11.3. The van der Waals surface area contributed by atoms with Gasteiger partial charge >= 0.3 is 5.97 Å². The van der Waals surface area contributed by atoms with Crippen LogP contribution in [0.3, 0.4) is 0 Å². The van der Waals surface area contributed by atoms with E-state index in [9.17, 15) is 4.79 Å². The van der Waals surface area contributed by atoms with Gasteiger partial charge in [-0.15, -0.1) is 0 Å². The van der Waals surface area contributed by atoms with E-state index in [1.165, 1.54) is 0 Å². The Balaban J connectivity index is 2.57. The zero-order valence-electron chi connectivity index (χ0n) is 8.87. The Kier molecular flexibility index (Phi) is 3.25. The predicted octanol–water partition coefficient (Wildman–Crippen LogP) is 3.92. The first-order chi connectivity index (χ1) is 7.72. The minimum absolute atomic E-state index is 0.225. The largest absolute Gasteiger partial charge is 0.425 e. The molecular weight excluding hydrogens is 268 g/mol. The van der Waals surface area contributed by atoms with Gasteiger partial charge in [-0.05, 0) is 27.4 Å². The number of fused-ring (bicyclic) bond motifs is 1. The maximum absolute atomic E-state index is 11.3. The van der Waals surface area contributed by atoms with Gasteiger partial charge in [0, 0.05) is 11.8 Å². The molecule has 0 saturated heterocycles. The van der Waals surface area contributed by atoms with Crippen molar-refractivity contribution in [2.45, 2.75) is 13.3 Å². The van der Waals surface area contributed by atoms with Crippen molar-refractivity contribution in [2.24, 2.45) is 0 Å². The van der Waals surface area contributed by atoms with Crippen LogP contribution in [0.25, 0.3) is 10.8 Å². The van der Waals surface area contributed by atoms with Crippen molar-refractivity contribution in [3.05, 3.63) is 40.9 Å². The molecule has 0 bridgehead atoms. The van der Waals surface area contributed by atoms with E-state index in [1.807, 2.05) is 36.4 Å². The average molecular weight is 279 g/mol. The highest BCUT2D eigenvalue weighted by atomic mass is 79.9. The molecule has 0 amide bonds. The first kappa shape index (κ1) is 11.1. The minimum atomic E-state index is -0.225. The van der Waals surface area contributed by atoms with Gasteiger partial charge in [-0.3, -0.25) is 4.79 Å². The highest BCUT2D eigenvalue weighted by Crippen LogP contribution is 2.33. The van der Waals surface area contributed by atoms with Crippen molar-refractivity contribution in [1.82, 2.24) is 0 Å². The first-order valence-electron chi connectivity index (χ1n) is 5.10. The molecule has 2 aromatic rings. The van der Waals surface area contributed by atoms with Crippen LogP contribution in [-0.4, -0.2) is 5.97 Å². The van der Waals surface area contributed by atoms with Crippen molar-refractivity contribution >= 4 is 32.7 Å².